The lowest BCUT2D eigenvalue weighted by Gasteiger charge is -2.13. The van der Waals surface area contributed by atoms with Crippen LogP contribution in [0.5, 0.6) is 0 Å². The Kier molecular flexibility index (Phi) is 5.43. The monoisotopic (exact) mass is 314 g/mol. The van der Waals surface area contributed by atoms with Crippen LogP contribution in [0, 0.1) is 0 Å². The van der Waals surface area contributed by atoms with Crippen molar-refractivity contribution in [1.82, 2.24) is 19.5 Å². The second-order valence-electron chi connectivity index (χ2n) is 5.63. The number of aromatic nitrogens is 1. The Labute approximate surface area is 127 Å². The molecule has 1 fully saturated rings. The largest absolute Gasteiger partial charge is 0.346 e. The van der Waals surface area contributed by atoms with Gasteiger partial charge in [-0.15, -0.1) is 0 Å². The van der Waals surface area contributed by atoms with Gasteiger partial charge in [0.05, 0.1) is 4.90 Å². The predicted molar refractivity (Wildman–Crippen MR) is 83.8 cm³/mol. The fourth-order valence-electron chi connectivity index (χ4n) is 2.27. The van der Waals surface area contributed by atoms with Gasteiger partial charge in [-0.2, -0.15) is 0 Å². The third-order valence-corrected chi connectivity index (χ3v) is 5.27. The number of hydrogen-bond donors (Lipinski definition) is 2. The lowest BCUT2D eigenvalue weighted by Crippen LogP contribution is -2.32. The highest BCUT2D eigenvalue weighted by Crippen LogP contribution is 2.37. The third-order valence-electron chi connectivity index (χ3n) is 3.84. The van der Waals surface area contributed by atoms with E-state index in [-0.39, 0.29) is 0 Å². The van der Waals surface area contributed by atoms with Crippen LogP contribution >= 0.6 is 0 Å². The van der Waals surface area contributed by atoms with Gasteiger partial charge in [0, 0.05) is 37.6 Å². The molecule has 0 bridgehead atoms. The van der Waals surface area contributed by atoms with Crippen molar-refractivity contribution < 1.29 is 8.42 Å². The minimum absolute atomic E-state index is 0.374. The molecule has 0 saturated heterocycles. The fourth-order valence-corrected chi connectivity index (χ4v) is 3.34. The van der Waals surface area contributed by atoms with Gasteiger partial charge in [0.25, 0.3) is 0 Å². The summed E-state index contributed by atoms with van der Waals surface area (Å²) in [6.07, 6.45) is 4.05. The summed E-state index contributed by atoms with van der Waals surface area (Å²) in [6.45, 7) is 4.79. The minimum Gasteiger partial charge on any atom is -0.346 e. The van der Waals surface area contributed by atoms with Crippen LogP contribution in [0.25, 0.3) is 0 Å². The van der Waals surface area contributed by atoms with E-state index < -0.39 is 10.0 Å². The standard InChI is InChI=1S/C14H26N4O2S/c1-4-17(3)8-7-16-21(19,20)14-9-13(10-15-2)18(11-14)12-5-6-12/h9,11-12,15-16H,4-8,10H2,1-3H3. The molecule has 120 valence electrons. The summed E-state index contributed by atoms with van der Waals surface area (Å²) in [4.78, 5) is 2.45. The molecule has 1 heterocycles. The van der Waals surface area contributed by atoms with Crippen LogP contribution in [0.2, 0.25) is 0 Å². The lowest BCUT2D eigenvalue weighted by molar-refractivity contribution is 0.358. The summed E-state index contributed by atoms with van der Waals surface area (Å²) in [5.41, 5.74) is 1.03. The van der Waals surface area contributed by atoms with Crippen LogP contribution in [0.3, 0.4) is 0 Å². The Balaban J connectivity index is 2.07. The molecule has 0 unspecified atom stereocenters. The van der Waals surface area contributed by atoms with E-state index in [0.29, 0.717) is 30.6 Å². The molecular formula is C14H26N4O2S. The van der Waals surface area contributed by atoms with Gasteiger partial charge >= 0.3 is 0 Å². The van der Waals surface area contributed by atoms with E-state index in [4.69, 9.17) is 0 Å². The average molecular weight is 314 g/mol. The number of hydrogen-bond acceptors (Lipinski definition) is 4. The van der Waals surface area contributed by atoms with E-state index in [0.717, 1.165) is 25.1 Å². The van der Waals surface area contributed by atoms with Crippen LogP contribution in [0.4, 0.5) is 0 Å². The zero-order chi connectivity index (χ0) is 15.5. The van der Waals surface area contributed by atoms with E-state index >= 15 is 0 Å². The second-order valence-corrected chi connectivity index (χ2v) is 7.40. The Bertz CT molecular complexity index is 564. The fraction of sp³-hybridized carbons (Fsp3) is 0.714. The quantitative estimate of drug-likeness (QED) is 0.707. The van der Waals surface area contributed by atoms with Crippen molar-refractivity contribution >= 4 is 10.0 Å². The lowest BCUT2D eigenvalue weighted by atomic mass is 10.4. The first-order valence-electron chi connectivity index (χ1n) is 7.51. The second kappa shape index (κ2) is 6.91. The Morgan fingerprint density at radius 1 is 1.43 bits per heavy atom. The zero-order valence-electron chi connectivity index (χ0n) is 13.1. The maximum Gasteiger partial charge on any atom is 0.242 e. The number of nitrogens with zero attached hydrogens (tertiary/aromatic N) is 2. The molecule has 2 N–H and O–H groups in total. The van der Waals surface area contributed by atoms with Gasteiger partial charge in [-0.1, -0.05) is 6.92 Å². The molecule has 1 saturated carbocycles. The highest BCUT2D eigenvalue weighted by molar-refractivity contribution is 7.89. The van der Waals surface area contributed by atoms with Crippen molar-refractivity contribution in [2.24, 2.45) is 0 Å². The molecule has 2 rings (SSSR count). The third kappa shape index (κ3) is 4.29. The van der Waals surface area contributed by atoms with Gasteiger partial charge in [0.2, 0.25) is 10.0 Å². The van der Waals surface area contributed by atoms with Gasteiger partial charge in [0.15, 0.2) is 0 Å². The van der Waals surface area contributed by atoms with E-state index in [1.165, 1.54) is 0 Å². The molecule has 0 amide bonds. The summed E-state index contributed by atoms with van der Waals surface area (Å²) in [7, 11) is 0.432. The molecule has 6 nitrogen and oxygen atoms in total. The molecule has 1 aliphatic rings. The SMILES string of the molecule is CCN(C)CCNS(=O)(=O)c1cc(CNC)n(C2CC2)c1. The van der Waals surface area contributed by atoms with Crippen molar-refractivity contribution in [3.05, 3.63) is 18.0 Å². The molecule has 1 aromatic rings. The topological polar surface area (TPSA) is 66.4 Å². The number of sulfonamides is 1. The van der Waals surface area contributed by atoms with Crippen LogP contribution in [-0.2, 0) is 16.6 Å². The van der Waals surface area contributed by atoms with E-state index in [1.54, 1.807) is 12.3 Å². The van der Waals surface area contributed by atoms with Crippen LogP contribution in [0.1, 0.15) is 31.5 Å². The summed E-state index contributed by atoms with van der Waals surface area (Å²) < 4.78 is 29.5. The first kappa shape index (κ1) is 16.5. The summed E-state index contributed by atoms with van der Waals surface area (Å²) in [5, 5.41) is 3.09. The van der Waals surface area contributed by atoms with Gasteiger partial charge in [0.1, 0.15) is 0 Å². The first-order valence-corrected chi connectivity index (χ1v) is 8.99. The molecule has 7 heteroatoms. The normalized spacial score (nSPS) is 15.8. The molecule has 0 atom stereocenters. The van der Waals surface area contributed by atoms with Crippen LogP contribution in [-0.4, -0.2) is 51.6 Å². The van der Waals surface area contributed by atoms with Crippen molar-refractivity contribution in [1.29, 1.82) is 0 Å². The smallest absolute Gasteiger partial charge is 0.242 e. The highest BCUT2D eigenvalue weighted by atomic mass is 32.2. The Hall–Kier alpha value is -0.890. The van der Waals surface area contributed by atoms with Gasteiger partial charge in [-0.3, -0.25) is 0 Å². The zero-order valence-corrected chi connectivity index (χ0v) is 13.9. The Morgan fingerprint density at radius 3 is 2.71 bits per heavy atom. The minimum atomic E-state index is -3.42. The molecule has 1 aliphatic carbocycles. The predicted octanol–water partition coefficient (Wildman–Crippen LogP) is 0.772. The maximum atomic E-state index is 12.4. The summed E-state index contributed by atoms with van der Waals surface area (Å²) in [5.74, 6) is 0. The molecule has 0 radical (unpaired) electrons. The molecule has 0 spiro atoms. The molecular weight excluding hydrogens is 288 g/mol. The van der Waals surface area contributed by atoms with E-state index in [9.17, 15) is 8.42 Å². The van der Waals surface area contributed by atoms with Crippen molar-refractivity contribution in [2.75, 3.05) is 33.7 Å². The number of likely N-dealkylation sites (N-methyl/N-ethyl adjacent to an activating group) is 1. The van der Waals surface area contributed by atoms with Gasteiger partial charge < -0.3 is 14.8 Å². The number of nitrogens with one attached hydrogen (secondary N) is 2. The van der Waals surface area contributed by atoms with Gasteiger partial charge in [-0.25, -0.2) is 13.1 Å². The van der Waals surface area contributed by atoms with Crippen LogP contribution in [0.15, 0.2) is 17.2 Å². The van der Waals surface area contributed by atoms with E-state index in [2.05, 4.69) is 19.5 Å². The number of rotatable bonds is 9. The Morgan fingerprint density at radius 2 is 2.14 bits per heavy atom. The molecule has 1 aromatic heterocycles. The van der Waals surface area contributed by atoms with Gasteiger partial charge in [-0.05, 0) is 39.5 Å². The average Bonchev–Trinajstić information content (AvgIpc) is 3.19. The first-order chi connectivity index (χ1) is 9.97. The maximum absolute atomic E-state index is 12.4. The van der Waals surface area contributed by atoms with Crippen molar-refractivity contribution in [2.45, 2.75) is 37.2 Å². The summed E-state index contributed by atoms with van der Waals surface area (Å²) in [6, 6.07) is 2.25. The molecule has 21 heavy (non-hydrogen) atoms. The van der Waals surface area contributed by atoms with Crippen LogP contribution < -0.4 is 10.0 Å². The molecule has 0 aliphatic heterocycles. The summed E-state index contributed by atoms with van der Waals surface area (Å²) >= 11 is 0. The van der Waals surface area contributed by atoms with Crippen molar-refractivity contribution in [3.63, 3.8) is 0 Å². The highest BCUT2D eigenvalue weighted by Gasteiger charge is 2.27. The van der Waals surface area contributed by atoms with Crippen molar-refractivity contribution in [3.8, 4) is 0 Å². The van der Waals surface area contributed by atoms with E-state index in [1.807, 2.05) is 21.0 Å². The molecule has 0 aromatic carbocycles.